The molecule has 1 N–H and O–H groups in total. The predicted molar refractivity (Wildman–Crippen MR) is 108 cm³/mol. The van der Waals surface area contributed by atoms with E-state index in [2.05, 4.69) is 41.7 Å². The van der Waals surface area contributed by atoms with Crippen molar-refractivity contribution >= 4 is 23.4 Å². The molecule has 2 rings (SSSR count). The van der Waals surface area contributed by atoms with Crippen LogP contribution in [0.25, 0.3) is 0 Å². The topological polar surface area (TPSA) is 41.5 Å². The van der Waals surface area contributed by atoms with E-state index < -0.39 is 0 Å². The van der Waals surface area contributed by atoms with E-state index in [4.69, 9.17) is 0 Å². The molecule has 0 radical (unpaired) electrons. The second-order valence-corrected chi connectivity index (χ2v) is 8.05. The summed E-state index contributed by atoms with van der Waals surface area (Å²) < 4.78 is 0. The highest BCUT2D eigenvalue weighted by atomic mass is 32.2. The van der Waals surface area contributed by atoms with Gasteiger partial charge in [-0.3, -0.25) is 4.79 Å². The van der Waals surface area contributed by atoms with Crippen molar-refractivity contribution in [1.29, 1.82) is 0 Å². The van der Waals surface area contributed by atoms with Gasteiger partial charge in [0.1, 0.15) is 0 Å². The number of thioether (sulfide) groups is 1. The molecular weight excluding hydrogens is 328 g/mol. The van der Waals surface area contributed by atoms with Crippen LogP contribution in [-0.4, -0.2) is 17.4 Å². The fourth-order valence-corrected chi connectivity index (χ4v) is 3.78. The van der Waals surface area contributed by atoms with Crippen molar-refractivity contribution in [3.63, 3.8) is 0 Å². The van der Waals surface area contributed by atoms with E-state index in [1.54, 1.807) is 11.8 Å². The first-order chi connectivity index (χ1) is 12.2. The van der Waals surface area contributed by atoms with Gasteiger partial charge in [0, 0.05) is 10.6 Å². The lowest BCUT2D eigenvalue weighted by Crippen LogP contribution is -2.21. The molecule has 0 aliphatic heterocycles. The standard InChI is InChI=1S/C21H32N2OS/c1-18-13-15-20(16-14-18)25-17-21(24)23-22-19-11-9-7-5-3-2-4-6-8-10-12-19/h13-16H,2-12,17H2,1H3,(H,23,24). The van der Waals surface area contributed by atoms with Crippen LogP contribution >= 0.6 is 11.8 Å². The molecule has 25 heavy (non-hydrogen) atoms. The first-order valence-electron chi connectivity index (χ1n) is 9.78. The van der Waals surface area contributed by atoms with Crippen LogP contribution in [0.4, 0.5) is 0 Å². The molecule has 1 saturated carbocycles. The van der Waals surface area contributed by atoms with Crippen LogP contribution in [0.15, 0.2) is 34.3 Å². The van der Waals surface area contributed by atoms with Gasteiger partial charge in [0.15, 0.2) is 0 Å². The van der Waals surface area contributed by atoms with Crippen molar-refractivity contribution in [3.8, 4) is 0 Å². The minimum Gasteiger partial charge on any atom is -0.272 e. The van der Waals surface area contributed by atoms with Crippen molar-refractivity contribution in [1.82, 2.24) is 5.43 Å². The Morgan fingerprint density at radius 2 is 1.44 bits per heavy atom. The highest BCUT2D eigenvalue weighted by Gasteiger charge is 2.06. The zero-order chi connectivity index (χ0) is 17.7. The van der Waals surface area contributed by atoms with Gasteiger partial charge >= 0.3 is 0 Å². The third-order valence-corrected chi connectivity index (χ3v) is 5.67. The van der Waals surface area contributed by atoms with Crippen LogP contribution < -0.4 is 5.43 Å². The molecule has 0 heterocycles. The predicted octanol–water partition coefficient (Wildman–Crippen LogP) is 5.86. The van der Waals surface area contributed by atoms with Crippen LogP contribution in [0.1, 0.15) is 76.2 Å². The monoisotopic (exact) mass is 360 g/mol. The number of hydrogen-bond acceptors (Lipinski definition) is 3. The summed E-state index contributed by atoms with van der Waals surface area (Å²) in [6.45, 7) is 2.07. The zero-order valence-corrected chi connectivity index (χ0v) is 16.4. The number of carbonyl (C=O) groups excluding carboxylic acids is 1. The number of carbonyl (C=O) groups is 1. The fraction of sp³-hybridized carbons (Fsp3) is 0.619. The summed E-state index contributed by atoms with van der Waals surface area (Å²) in [6.07, 6.45) is 13.9. The lowest BCUT2D eigenvalue weighted by atomic mass is 10.00. The molecule has 1 aromatic rings. The molecule has 138 valence electrons. The lowest BCUT2D eigenvalue weighted by Gasteiger charge is -2.09. The molecular formula is C21H32N2OS. The van der Waals surface area contributed by atoms with Gasteiger partial charge in [-0.05, 0) is 44.7 Å². The third kappa shape index (κ3) is 9.10. The molecule has 1 amide bonds. The average molecular weight is 361 g/mol. The Morgan fingerprint density at radius 3 is 2.00 bits per heavy atom. The molecule has 0 atom stereocenters. The van der Waals surface area contributed by atoms with Gasteiger partial charge in [0.05, 0.1) is 5.75 Å². The molecule has 0 unspecified atom stereocenters. The van der Waals surface area contributed by atoms with E-state index in [0.717, 1.165) is 17.7 Å². The van der Waals surface area contributed by atoms with Crippen molar-refractivity contribution in [2.45, 2.75) is 82.4 Å². The Bertz CT molecular complexity index is 525. The Hall–Kier alpha value is -1.29. The van der Waals surface area contributed by atoms with Crippen LogP contribution in [0.5, 0.6) is 0 Å². The quantitative estimate of drug-likeness (QED) is 0.539. The SMILES string of the molecule is Cc1ccc(SCC(=O)NN=C2CCCCCCCCCCC2)cc1. The molecule has 1 aliphatic carbocycles. The van der Waals surface area contributed by atoms with Crippen LogP contribution in [-0.2, 0) is 4.79 Å². The summed E-state index contributed by atoms with van der Waals surface area (Å²) in [6, 6.07) is 8.27. The normalized spacial score (nSPS) is 17.2. The lowest BCUT2D eigenvalue weighted by molar-refractivity contribution is -0.118. The largest absolute Gasteiger partial charge is 0.272 e. The van der Waals surface area contributed by atoms with Crippen molar-refractivity contribution < 1.29 is 4.79 Å². The van der Waals surface area contributed by atoms with Gasteiger partial charge in [-0.2, -0.15) is 5.10 Å². The summed E-state index contributed by atoms with van der Waals surface area (Å²) in [5.41, 5.74) is 5.19. The number of hydrogen-bond donors (Lipinski definition) is 1. The summed E-state index contributed by atoms with van der Waals surface area (Å²) in [7, 11) is 0. The number of aryl methyl sites for hydroxylation is 1. The van der Waals surface area contributed by atoms with Crippen molar-refractivity contribution in [2.24, 2.45) is 5.10 Å². The van der Waals surface area contributed by atoms with E-state index in [-0.39, 0.29) is 5.91 Å². The maximum atomic E-state index is 12.1. The molecule has 0 bridgehead atoms. The van der Waals surface area contributed by atoms with E-state index in [1.165, 1.54) is 69.1 Å². The number of hydrazone groups is 1. The summed E-state index contributed by atoms with van der Waals surface area (Å²) >= 11 is 1.56. The van der Waals surface area contributed by atoms with Crippen LogP contribution in [0.3, 0.4) is 0 Å². The maximum absolute atomic E-state index is 12.1. The maximum Gasteiger partial charge on any atom is 0.250 e. The zero-order valence-electron chi connectivity index (χ0n) is 15.6. The van der Waals surface area contributed by atoms with E-state index >= 15 is 0 Å². The van der Waals surface area contributed by atoms with Crippen molar-refractivity contribution in [2.75, 3.05) is 5.75 Å². The van der Waals surface area contributed by atoms with E-state index in [0.29, 0.717) is 5.75 Å². The Labute approximate surface area is 157 Å². The molecule has 0 aromatic heterocycles. The van der Waals surface area contributed by atoms with Gasteiger partial charge in [0.2, 0.25) is 5.91 Å². The van der Waals surface area contributed by atoms with Gasteiger partial charge in [-0.25, -0.2) is 5.43 Å². The summed E-state index contributed by atoms with van der Waals surface area (Å²) in [4.78, 5) is 13.2. The molecule has 0 saturated heterocycles. The molecule has 1 fully saturated rings. The molecule has 1 aliphatic rings. The first-order valence-corrected chi connectivity index (χ1v) is 10.8. The van der Waals surface area contributed by atoms with E-state index in [1.807, 2.05) is 0 Å². The second kappa shape index (κ2) is 12.1. The van der Waals surface area contributed by atoms with Gasteiger partial charge in [0.25, 0.3) is 0 Å². The van der Waals surface area contributed by atoms with Gasteiger partial charge < -0.3 is 0 Å². The van der Waals surface area contributed by atoms with E-state index in [9.17, 15) is 4.79 Å². The highest BCUT2D eigenvalue weighted by molar-refractivity contribution is 8.00. The second-order valence-electron chi connectivity index (χ2n) is 7.00. The molecule has 1 aromatic carbocycles. The number of nitrogens with zero attached hydrogens (tertiary/aromatic N) is 1. The van der Waals surface area contributed by atoms with Gasteiger partial charge in [-0.1, -0.05) is 62.6 Å². The number of rotatable bonds is 4. The Morgan fingerprint density at radius 1 is 0.920 bits per heavy atom. The van der Waals surface area contributed by atoms with Gasteiger partial charge in [-0.15, -0.1) is 11.8 Å². The molecule has 3 nitrogen and oxygen atoms in total. The third-order valence-electron chi connectivity index (χ3n) is 4.66. The number of amides is 1. The first kappa shape index (κ1) is 20.0. The smallest absolute Gasteiger partial charge is 0.250 e. The summed E-state index contributed by atoms with van der Waals surface area (Å²) in [5, 5.41) is 4.44. The Kier molecular flexibility index (Phi) is 9.71. The minimum absolute atomic E-state index is 0.0100. The van der Waals surface area contributed by atoms with Crippen LogP contribution in [0.2, 0.25) is 0 Å². The molecule has 4 heteroatoms. The van der Waals surface area contributed by atoms with Crippen LogP contribution in [0, 0.1) is 6.92 Å². The summed E-state index contributed by atoms with van der Waals surface area (Å²) in [5.74, 6) is 0.407. The minimum atomic E-state index is -0.0100. The number of nitrogens with one attached hydrogen (secondary N) is 1. The Balaban J connectivity index is 1.75. The van der Waals surface area contributed by atoms with Crippen molar-refractivity contribution in [3.05, 3.63) is 29.8 Å². The number of benzene rings is 1. The highest BCUT2D eigenvalue weighted by Crippen LogP contribution is 2.18. The average Bonchev–Trinajstić information content (AvgIpc) is 2.61. The molecule has 0 spiro atoms. The fourth-order valence-electron chi connectivity index (χ4n) is 3.09.